The predicted molar refractivity (Wildman–Crippen MR) is 68.4 cm³/mol. The molecule has 0 aromatic heterocycles. The number of nitriles is 1. The van der Waals surface area contributed by atoms with Crippen molar-refractivity contribution < 1.29 is 9.53 Å². The topological polar surface area (TPSA) is 50.1 Å². The van der Waals surface area contributed by atoms with Gasteiger partial charge in [-0.3, -0.25) is 4.79 Å². The highest BCUT2D eigenvalue weighted by Crippen LogP contribution is 2.10. The molecule has 17 heavy (non-hydrogen) atoms. The van der Waals surface area contributed by atoms with Gasteiger partial charge in [0.2, 0.25) is 0 Å². The van der Waals surface area contributed by atoms with Crippen LogP contribution in [-0.4, -0.2) is 12.6 Å². The second kappa shape index (κ2) is 13.0. The molecule has 0 radical (unpaired) electrons. The molecule has 0 amide bonds. The van der Waals surface area contributed by atoms with Crippen molar-refractivity contribution in [3.05, 3.63) is 0 Å². The lowest BCUT2D eigenvalue weighted by atomic mass is 10.1. The van der Waals surface area contributed by atoms with Gasteiger partial charge >= 0.3 is 5.97 Å². The zero-order chi connectivity index (χ0) is 12.8. The van der Waals surface area contributed by atoms with Crippen LogP contribution >= 0.6 is 0 Å². The van der Waals surface area contributed by atoms with Gasteiger partial charge in [0.1, 0.15) is 0 Å². The summed E-state index contributed by atoms with van der Waals surface area (Å²) in [5, 5.41) is 8.36. The smallest absolute Gasteiger partial charge is 0.305 e. The Morgan fingerprint density at radius 3 is 2.06 bits per heavy atom. The maximum Gasteiger partial charge on any atom is 0.305 e. The Hall–Kier alpha value is -1.04. The fraction of sp³-hybridized carbons (Fsp3) is 0.857. The third-order valence-electron chi connectivity index (χ3n) is 2.72. The fourth-order valence-corrected chi connectivity index (χ4v) is 1.77. The average Bonchev–Trinajstić information content (AvgIpc) is 2.32. The Bertz CT molecular complexity index is 221. The zero-order valence-electron chi connectivity index (χ0n) is 11.0. The molecule has 0 spiro atoms. The number of ether oxygens (including phenoxy) is 1. The van der Waals surface area contributed by atoms with Crippen molar-refractivity contribution in [2.75, 3.05) is 6.61 Å². The van der Waals surface area contributed by atoms with Crippen molar-refractivity contribution in [2.45, 2.75) is 71.1 Å². The molecule has 0 bridgehead atoms. The van der Waals surface area contributed by atoms with Crippen LogP contribution in [0.25, 0.3) is 0 Å². The van der Waals surface area contributed by atoms with Gasteiger partial charge in [0.05, 0.1) is 12.7 Å². The number of hydrogen-bond donors (Lipinski definition) is 0. The Balaban J connectivity index is 3.04. The highest BCUT2D eigenvalue weighted by atomic mass is 16.5. The Kier molecular flexibility index (Phi) is 12.2. The summed E-state index contributed by atoms with van der Waals surface area (Å²) >= 11 is 0. The van der Waals surface area contributed by atoms with Crippen LogP contribution in [0.4, 0.5) is 0 Å². The third-order valence-corrected chi connectivity index (χ3v) is 2.72. The summed E-state index contributed by atoms with van der Waals surface area (Å²) in [6, 6.07) is 2.16. The molecule has 0 unspecified atom stereocenters. The second-order valence-corrected chi connectivity index (χ2v) is 4.29. The molecule has 0 saturated heterocycles. The van der Waals surface area contributed by atoms with Gasteiger partial charge in [-0.1, -0.05) is 38.5 Å². The summed E-state index contributed by atoms with van der Waals surface area (Å²) in [5.41, 5.74) is 0. The van der Waals surface area contributed by atoms with Crippen molar-refractivity contribution in [2.24, 2.45) is 0 Å². The first-order valence-electron chi connectivity index (χ1n) is 6.83. The fourth-order valence-electron chi connectivity index (χ4n) is 1.77. The normalized spacial score (nSPS) is 9.88. The number of carbonyl (C=O) groups excluding carboxylic acids is 1. The molecule has 0 N–H and O–H groups in total. The third kappa shape index (κ3) is 12.9. The molecule has 3 nitrogen and oxygen atoms in total. The first-order chi connectivity index (χ1) is 8.31. The zero-order valence-corrected chi connectivity index (χ0v) is 11.0. The Morgan fingerprint density at radius 1 is 1.00 bits per heavy atom. The predicted octanol–water partition coefficient (Wildman–Crippen LogP) is 3.97. The number of nitrogens with zero attached hydrogens (tertiary/aromatic N) is 1. The van der Waals surface area contributed by atoms with Gasteiger partial charge in [-0.25, -0.2) is 0 Å². The van der Waals surface area contributed by atoms with E-state index in [2.05, 4.69) is 6.07 Å². The van der Waals surface area contributed by atoms with Gasteiger partial charge in [0.25, 0.3) is 0 Å². The molecule has 98 valence electrons. The van der Waals surface area contributed by atoms with Crippen LogP contribution in [-0.2, 0) is 9.53 Å². The van der Waals surface area contributed by atoms with Crippen LogP contribution in [0, 0.1) is 11.3 Å². The Labute approximate surface area is 105 Å². The van der Waals surface area contributed by atoms with Crippen LogP contribution < -0.4 is 0 Å². The van der Waals surface area contributed by atoms with Gasteiger partial charge in [-0.2, -0.15) is 5.26 Å². The van der Waals surface area contributed by atoms with Crippen molar-refractivity contribution in [3.8, 4) is 6.07 Å². The maximum absolute atomic E-state index is 11.0. The van der Waals surface area contributed by atoms with Crippen molar-refractivity contribution in [1.29, 1.82) is 5.26 Å². The number of carbonyl (C=O) groups is 1. The van der Waals surface area contributed by atoms with Crippen LogP contribution in [0.3, 0.4) is 0 Å². The lowest BCUT2D eigenvalue weighted by molar-refractivity contribution is -0.143. The van der Waals surface area contributed by atoms with Crippen molar-refractivity contribution >= 4 is 5.97 Å². The van der Waals surface area contributed by atoms with Crippen LogP contribution in [0.2, 0.25) is 0 Å². The molecule has 0 fully saturated rings. The van der Waals surface area contributed by atoms with E-state index in [9.17, 15) is 4.79 Å². The molecule has 0 aromatic carbocycles. The van der Waals surface area contributed by atoms with Gasteiger partial charge in [0.15, 0.2) is 0 Å². The molecule has 0 aromatic rings. The first kappa shape index (κ1) is 16.0. The van der Waals surface area contributed by atoms with Crippen LogP contribution in [0.1, 0.15) is 71.1 Å². The highest BCUT2D eigenvalue weighted by Gasteiger charge is 2.00. The average molecular weight is 239 g/mol. The van der Waals surface area contributed by atoms with E-state index in [4.69, 9.17) is 10.00 Å². The van der Waals surface area contributed by atoms with E-state index in [-0.39, 0.29) is 5.97 Å². The van der Waals surface area contributed by atoms with Gasteiger partial charge in [-0.15, -0.1) is 0 Å². The number of esters is 1. The number of hydrogen-bond acceptors (Lipinski definition) is 3. The summed E-state index contributed by atoms with van der Waals surface area (Å²) in [4.78, 5) is 11.0. The first-order valence-corrected chi connectivity index (χ1v) is 6.83. The minimum absolute atomic E-state index is 0.0657. The SMILES string of the molecule is CCOC(=O)CCCCCCCCCCC#N. The molecule has 0 aliphatic heterocycles. The van der Waals surface area contributed by atoms with E-state index in [0.717, 1.165) is 19.3 Å². The lowest BCUT2D eigenvalue weighted by Gasteiger charge is -2.02. The minimum atomic E-state index is -0.0657. The largest absolute Gasteiger partial charge is 0.466 e. The van der Waals surface area contributed by atoms with E-state index in [0.29, 0.717) is 19.4 Å². The Morgan fingerprint density at radius 2 is 1.53 bits per heavy atom. The van der Waals surface area contributed by atoms with E-state index >= 15 is 0 Å². The van der Waals surface area contributed by atoms with Crippen molar-refractivity contribution in [1.82, 2.24) is 0 Å². The van der Waals surface area contributed by atoms with E-state index in [1.807, 2.05) is 6.92 Å². The molecule has 0 aliphatic rings. The molecule has 0 rings (SSSR count). The molecular weight excluding hydrogens is 214 g/mol. The number of unbranched alkanes of at least 4 members (excludes halogenated alkanes) is 8. The van der Waals surface area contributed by atoms with E-state index in [1.54, 1.807) is 0 Å². The summed E-state index contributed by atoms with van der Waals surface area (Å²) in [6.45, 7) is 2.33. The molecule has 0 atom stereocenters. The van der Waals surface area contributed by atoms with Crippen molar-refractivity contribution in [3.63, 3.8) is 0 Å². The summed E-state index contributed by atoms with van der Waals surface area (Å²) in [7, 11) is 0. The second-order valence-electron chi connectivity index (χ2n) is 4.29. The van der Waals surface area contributed by atoms with Gasteiger partial charge < -0.3 is 4.74 Å². The molecule has 3 heteroatoms. The summed E-state index contributed by atoms with van der Waals surface area (Å²) in [5.74, 6) is -0.0657. The van der Waals surface area contributed by atoms with Crippen LogP contribution in [0.5, 0.6) is 0 Å². The molecule has 0 heterocycles. The molecule has 0 aliphatic carbocycles. The van der Waals surface area contributed by atoms with E-state index < -0.39 is 0 Å². The molecule has 0 saturated carbocycles. The standard InChI is InChI=1S/C14H25NO2/c1-2-17-14(16)12-10-8-6-4-3-5-7-9-11-13-15/h2-12H2,1H3. The minimum Gasteiger partial charge on any atom is -0.466 e. The highest BCUT2D eigenvalue weighted by molar-refractivity contribution is 5.69. The summed E-state index contributed by atoms with van der Waals surface area (Å²) < 4.78 is 4.86. The van der Waals surface area contributed by atoms with Gasteiger partial charge in [0, 0.05) is 12.8 Å². The summed E-state index contributed by atoms with van der Waals surface area (Å²) in [6.07, 6.45) is 10.5. The van der Waals surface area contributed by atoms with Crippen LogP contribution in [0.15, 0.2) is 0 Å². The maximum atomic E-state index is 11.0. The number of rotatable bonds is 11. The van der Waals surface area contributed by atoms with Gasteiger partial charge in [-0.05, 0) is 19.8 Å². The molecular formula is C14H25NO2. The monoisotopic (exact) mass is 239 g/mol. The van der Waals surface area contributed by atoms with E-state index in [1.165, 1.54) is 32.1 Å². The quantitative estimate of drug-likeness (QED) is 0.405. The lowest BCUT2D eigenvalue weighted by Crippen LogP contribution is -2.03.